The lowest BCUT2D eigenvalue weighted by Gasteiger charge is -2.22. The summed E-state index contributed by atoms with van der Waals surface area (Å²) in [5.74, 6) is 1.98. The summed E-state index contributed by atoms with van der Waals surface area (Å²) in [4.78, 5) is 19.0. The minimum absolute atomic E-state index is 0.122. The van der Waals surface area contributed by atoms with Crippen LogP contribution in [-0.2, 0) is 11.3 Å². The van der Waals surface area contributed by atoms with Gasteiger partial charge < -0.3 is 14.2 Å². The van der Waals surface area contributed by atoms with E-state index in [2.05, 4.69) is 49.1 Å². The summed E-state index contributed by atoms with van der Waals surface area (Å²) in [5, 5.41) is 4.16. The van der Waals surface area contributed by atoms with Crippen molar-refractivity contribution in [3.05, 3.63) is 65.0 Å². The van der Waals surface area contributed by atoms with Crippen molar-refractivity contribution in [3.63, 3.8) is 0 Å². The molecule has 1 unspecified atom stereocenters. The van der Waals surface area contributed by atoms with E-state index >= 15 is 0 Å². The smallest absolute Gasteiger partial charge is 0.249 e. The Hall–Kier alpha value is -3.15. The lowest BCUT2D eigenvalue weighted by atomic mass is 10.1. The first-order chi connectivity index (χ1) is 15.0. The molecule has 2 aromatic carbocycles. The van der Waals surface area contributed by atoms with Crippen LogP contribution in [0.25, 0.3) is 11.4 Å². The molecule has 0 N–H and O–H groups in total. The molecule has 0 radical (unpaired) electrons. The zero-order chi connectivity index (χ0) is 21.8. The van der Waals surface area contributed by atoms with Crippen LogP contribution < -0.4 is 4.74 Å². The predicted molar refractivity (Wildman–Crippen MR) is 119 cm³/mol. The van der Waals surface area contributed by atoms with E-state index in [4.69, 9.17) is 9.26 Å². The Kier molecular flexibility index (Phi) is 6.35. The van der Waals surface area contributed by atoms with Crippen LogP contribution in [0, 0.1) is 13.8 Å². The van der Waals surface area contributed by atoms with E-state index in [9.17, 15) is 4.79 Å². The number of rotatable bonds is 8. The van der Waals surface area contributed by atoms with Crippen molar-refractivity contribution >= 4 is 5.91 Å². The van der Waals surface area contributed by atoms with Gasteiger partial charge in [-0.1, -0.05) is 36.7 Å². The first kappa shape index (κ1) is 21.1. The van der Waals surface area contributed by atoms with Gasteiger partial charge in [0, 0.05) is 18.5 Å². The van der Waals surface area contributed by atoms with Crippen molar-refractivity contribution < 1.29 is 14.1 Å². The van der Waals surface area contributed by atoms with Gasteiger partial charge in [0.1, 0.15) is 11.8 Å². The molecule has 6 nitrogen and oxygen atoms in total. The Bertz CT molecular complexity index is 1040. The predicted octanol–water partition coefficient (Wildman–Crippen LogP) is 5.40. The third kappa shape index (κ3) is 4.79. The molecule has 1 fully saturated rings. The SMILES string of the molecule is CCCCOc1ccc(-c2noc(C3CCC(=O)N3Cc3ccc(C)c(C)c3)n2)cc1. The molecule has 1 aliphatic rings. The van der Waals surface area contributed by atoms with Gasteiger partial charge >= 0.3 is 0 Å². The number of unbranched alkanes of at least 4 members (excludes halogenated alkanes) is 1. The maximum absolute atomic E-state index is 12.6. The normalized spacial score (nSPS) is 16.2. The molecule has 6 heteroatoms. The molecule has 0 saturated carbocycles. The first-order valence-corrected chi connectivity index (χ1v) is 11.0. The van der Waals surface area contributed by atoms with E-state index in [1.807, 2.05) is 29.2 Å². The highest BCUT2D eigenvalue weighted by Crippen LogP contribution is 2.34. The van der Waals surface area contributed by atoms with Crippen molar-refractivity contribution in [1.29, 1.82) is 0 Å². The standard InChI is InChI=1S/C25H29N3O3/c1-4-5-14-30-21-10-8-20(9-11-21)24-26-25(31-27-24)22-12-13-23(29)28(22)16-19-7-6-17(2)18(3)15-19/h6-11,15,22H,4-5,12-14,16H2,1-3H3. The quantitative estimate of drug-likeness (QED) is 0.458. The molecule has 3 aromatic rings. The van der Waals surface area contributed by atoms with Gasteiger partial charge in [0.15, 0.2) is 0 Å². The maximum atomic E-state index is 12.6. The van der Waals surface area contributed by atoms with Crippen LogP contribution in [0.5, 0.6) is 5.75 Å². The summed E-state index contributed by atoms with van der Waals surface area (Å²) in [5.41, 5.74) is 4.45. The molecule has 2 heterocycles. The highest BCUT2D eigenvalue weighted by atomic mass is 16.5. The van der Waals surface area contributed by atoms with Gasteiger partial charge in [-0.3, -0.25) is 4.79 Å². The third-order valence-corrected chi connectivity index (χ3v) is 5.86. The fraction of sp³-hybridized carbons (Fsp3) is 0.400. The minimum Gasteiger partial charge on any atom is -0.494 e. The fourth-order valence-electron chi connectivity index (χ4n) is 3.81. The van der Waals surface area contributed by atoms with Gasteiger partial charge in [0.05, 0.1) is 6.61 Å². The van der Waals surface area contributed by atoms with Crippen LogP contribution in [-0.4, -0.2) is 27.6 Å². The van der Waals surface area contributed by atoms with Gasteiger partial charge in [0.25, 0.3) is 0 Å². The van der Waals surface area contributed by atoms with E-state index in [0.717, 1.165) is 29.7 Å². The molecule has 0 spiro atoms. The molecule has 1 saturated heterocycles. The van der Waals surface area contributed by atoms with Gasteiger partial charge in [-0.25, -0.2) is 0 Å². The van der Waals surface area contributed by atoms with Crippen LogP contribution in [0.2, 0.25) is 0 Å². The summed E-state index contributed by atoms with van der Waals surface area (Å²) >= 11 is 0. The fourth-order valence-corrected chi connectivity index (χ4v) is 3.81. The van der Waals surface area contributed by atoms with Crippen molar-refractivity contribution in [1.82, 2.24) is 15.0 Å². The first-order valence-electron chi connectivity index (χ1n) is 11.0. The number of nitrogens with zero attached hydrogens (tertiary/aromatic N) is 3. The van der Waals surface area contributed by atoms with Crippen molar-refractivity contribution in [3.8, 4) is 17.1 Å². The summed E-state index contributed by atoms with van der Waals surface area (Å²) < 4.78 is 11.3. The number of hydrogen-bond donors (Lipinski definition) is 0. The number of carbonyl (C=O) groups excluding carboxylic acids is 1. The molecule has 1 amide bonds. The zero-order valence-electron chi connectivity index (χ0n) is 18.4. The summed E-state index contributed by atoms with van der Waals surface area (Å²) in [7, 11) is 0. The molecular formula is C25H29N3O3. The molecule has 1 aromatic heterocycles. The highest BCUT2D eigenvalue weighted by Gasteiger charge is 2.36. The van der Waals surface area contributed by atoms with Crippen molar-refractivity contribution in [2.75, 3.05) is 6.61 Å². The second-order valence-corrected chi connectivity index (χ2v) is 8.18. The second kappa shape index (κ2) is 9.33. The molecule has 31 heavy (non-hydrogen) atoms. The Labute approximate surface area is 183 Å². The lowest BCUT2D eigenvalue weighted by molar-refractivity contribution is -0.130. The number of carbonyl (C=O) groups is 1. The molecule has 0 aliphatic carbocycles. The second-order valence-electron chi connectivity index (χ2n) is 8.18. The van der Waals surface area contributed by atoms with Gasteiger partial charge in [-0.05, 0) is 67.6 Å². The Morgan fingerprint density at radius 1 is 1.13 bits per heavy atom. The van der Waals surface area contributed by atoms with Gasteiger partial charge in [-0.2, -0.15) is 4.98 Å². The number of likely N-dealkylation sites (tertiary alicyclic amines) is 1. The highest BCUT2D eigenvalue weighted by molar-refractivity contribution is 5.78. The van der Waals surface area contributed by atoms with E-state index in [-0.39, 0.29) is 11.9 Å². The number of hydrogen-bond acceptors (Lipinski definition) is 5. The number of amides is 1. The van der Waals surface area contributed by atoms with Crippen LogP contribution in [0.3, 0.4) is 0 Å². The van der Waals surface area contributed by atoms with Crippen LogP contribution in [0.1, 0.15) is 61.2 Å². The summed E-state index contributed by atoms with van der Waals surface area (Å²) in [6.45, 7) is 7.58. The van der Waals surface area contributed by atoms with E-state index in [1.165, 1.54) is 11.1 Å². The number of ether oxygens (including phenoxy) is 1. The number of aromatic nitrogens is 2. The largest absolute Gasteiger partial charge is 0.494 e. The zero-order valence-corrected chi connectivity index (χ0v) is 18.4. The minimum atomic E-state index is -0.188. The van der Waals surface area contributed by atoms with Crippen molar-refractivity contribution in [2.24, 2.45) is 0 Å². The summed E-state index contributed by atoms with van der Waals surface area (Å²) in [6, 6.07) is 13.8. The van der Waals surface area contributed by atoms with E-state index < -0.39 is 0 Å². The third-order valence-electron chi connectivity index (χ3n) is 5.86. The molecule has 0 bridgehead atoms. The average Bonchev–Trinajstić information content (AvgIpc) is 3.39. The Balaban J connectivity index is 1.48. The molecule has 1 aliphatic heterocycles. The topological polar surface area (TPSA) is 68.5 Å². The van der Waals surface area contributed by atoms with E-state index in [1.54, 1.807) is 0 Å². The van der Waals surface area contributed by atoms with Crippen LogP contribution >= 0.6 is 0 Å². The summed E-state index contributed by atoms with van der Waals surface area (Å²) in [6.07, 6.45) is 3.33. The molecule has 1 atom stereocenters. The average molecular weight is 420 g/mol. The van der Waals surface area contributed by atoms with Crippen LogP contribution in [0.15, 0.2) is 47.0 Å². The van der Waals surface area contributed by atoms with Gasteiger partial charge in [0.2, 0.25) is 17.6 Å². The Morgan fingerprint density at radius 2 is 1.94 bits per heavy atom. The van der Waals surface area contributed by atoms with E-state index in [0.29, 0.717) is 37.7 Å². The van der Waals surface area contributed by atoms with Crippen molar-refractivity contribution in [2.45, 2.75) is 59.0 Å². The molecule has 4 rings (SSSR count). The van der Waals surface area contributed by atoms with Gasteiger partial charge in [-0.15, -0.1) is 0 Å². The lowest BCUT2D eigenvalue weighted by Crippen LogP contribution is -2.27. The maximum Gasteiger partial charge on any atom is 0.249 e. The number of benzene rings is 2. The molecule has 162 valence electrons. The number of aryl methyl sites for hydroxylation is 2. The Morgan fingerprint density at radius 3 is 2.68 bits per heavy atom. The molecular weight excluding hydrogens is 390 g/mol. The van der Waals surface area contributed by atoms with Crippen LogP contribution in [0.4, 0.5) is 0 Å². The monoisotopic (exact) mass is 419 g/mol.